The molecule has 0 bridgehead atoms. The number of halogens is 2. The Labute approximate surface area is 137 Å². The number of fused-ring (bicyclic) bond motifs is 2. The minimum absolute atomic E-state index is 0.515. The molecule has 2 nitrogen and oxygen atoms in total. The summed E-state index contributed by atoms with van der Waals surface area (Å²) in [6, 6.07) is 12.3. The van der Waals surface area contributed by atoms with E-state index in [1.807, 2.05) is 12.1 Å². The zero-order chi connectivity index (χ0) is 14.6. The number of aromatic nitrogens is 2. The van der Waals surface area contributed by atoms with Crippen LogP contribution in [0.15, 0.2) is 36.4 Å². The number of hydrogen-bond acceptors (Lipinski definition) is 1. The van der Waals surface area contributed by atoms with Crippen molar-refractivity contribution in [1.29, 1.82) is 0 Å². The molecule has 1 aliphatic rings. The molecule has 1 unspecified atom stereocenters. The van der Waals surface area contributed by atoms with Gasteiger partial charge in [-0.2, -0.15) is 0 Å². The number of imidazole rings is 1. The Bertz CT molecular complexity index is 910. The molecule has 2 aromatic carbocycles. The van der Waals surface area contributed by atoms with Gasteiger partial charge in [-0.15, -0.1) is 0 Å². The highest BCUT2D eigenvalue weighted by molar-refractivity contribution is 7.71. The van der Waals surface area contributed by atoms with Gasteiger partial charge in [-0.3, -0.25) is 0 Å². The van der Waals surface area contributed by atoms with E-state index in [1.165, 1.54) is 11.1 Å². The third-order valence-electron chi connectivity index (χ3n) is 4.18. The summed E-state index contributed by atoms with van der Waals surface area (Å²) in [4.78, 5) is 3.21. The number of aromatic amines is 1. The first kappa shape index (κ1) is 13.4. The van der Waals surface area contributed by atoms with Gasteiger partial charge in [0.25, 0.3) is 0 Å². The smallest absolute Gasteiger partial charge is 0.178 e. The second-order valence-corrected chi connectivity index (χ2v) is 6.63. The quantitative estimate of drug-likeness (QED) is 0.627. The van der Waals surface area contributed by atoms with Crippen LogP contribution < -0.4 is 0 Å². The maximum Gasteiger partial charge on any atom is 0.178 e. The average molecular weight is 335 g/mol. The van der Waals surface area contributed by atoms with Crippen LogP contribution in [0, 0.1) is 4.77 Å². The van der Waals surface area contributed by atoms with Crippen molar-refractivity contribution in [2.24, 2.45) is 0 Å². The first-order valence-corrected chi connectivity index (χ1v) is 7.95. The van der Waals surface area contributed by atoms with Crippen LogP contribution >= 0.6 is 35.4 Å². The van der Waals surface area contributed by atoms with Crippen LogP contribution in [-0.2, 0) is 13.0 Å². The van der Waals surface area contributed by atoms with Crippen molar-refractivity contribution in [1.82, 2.24) is 9.55 Å². The fraction of sp³-hybridized carbons (Fsp3) is 0.188. The highest BCUT2D eigenvalue weighted by atomic mass is 35.5. The molecule has 1 aromatic heterocycles. The number of hydrogen-bond donors (Lipinski definition) is 1. The molecule has 1 aliphatic carbocycles. The maximum atomic E-state index is 6.14. The maximum absolute atomic E-state index is 6.14. The van der Waals surface area contributed by atoms with Crippen LogP contribution in [-0.4, -0.2) is 9.55 Å². The molecule has 1 atom stereocenters. The Hall–Kier alpha value is -1.29. The predicted molar refractivity (Wildman–Crippen MR) is 90.0 cm³/mol. The van der Waals surface area contributed by atoms with Gasteiger partial charge in [-0.25, -0.2) is 0 Å². The molecule has 5 heteroatoms. The van der Waals surface area contributed by atoms with E-state index in [1.54, 1.807) is 0 Å². The minimum Gasteiger partial charge on any atom is -0.331 e. The van der Waals surface area contributed by atoms with Crippen LogP contribution in [0.4, 0.5) is 0 Å². The van der Waals surface area contributed by atoms with Gasteiger partial charge >= 0.3 is 0 Å². The van der Waals surface area contributed by atoms with E-state index < -0.39 is 0 Å². The first-order chi connectivity index (χ1) is 10.1. The van der Waals surface area contributed by atoms with Gasteiger partial charge in [0.15, 0.2) is 4.77 Å². The molecule has 21 heavy (non-hydrogen) atoms. The van der Waals surface area contributed by atoms with Crippen molar-refractivity contribution in [2.75, 3.05) is 0 Å². The fourth-order valence-electron chi connectivity index (χ4n) is 3.08. The summed E-state index contributed by atoms with van der Waals surface area (Å²) in [6.07, 6.45) is 1.10. The largest absolute Gasteiger partial charge is 0.331 e. The van der Waals surface area contributed by atoms with E-state index >= 15 is 0 Å². The van der Waals surface area contributed by atoms with E-state index in [4.69, 9.17) is 35.4 Å². The minimum atomic E-state index is 0.515. The molecule has 0 saturated carbocycles. The van der Waals surface area contributed by atoms with Gasteiger partial charge in [0.05, 0.1) is 21.1 Å². The Morgan fingerprint density at radius 2 is 1.95 bits per heavy atom. The van der Waals surface area contributed by atoms with E-state index in [-0.39, 0.29) is 0 Å². The summed E-state index contributed by atoms with van der Waals surface area (Å²) in [5.41, 5.74) is 4.81. The number of H-pyrrole nitrogens is 1. The number of nitrogens with one attached hydrogen (secondary N) is 1. The van der Waals surface area contributed by atoms with Crippen molar-refractivity contribution < 1.29 is 0 Å². The molecular weight excluding hydrogens is 323 g/mol. The second kappa shape index (κ2) is 4.87. The molecular formula is C16H12Cl2N2S. The lowest BCUT2D eigenvalue weighted by Crippen LogP contribution is -2.21. The third kappa shape index (κ3) is 2.11. The summed E-state index contributed by atoms with van der Waals surface area (Å²) >= 11 is 17.7. The highest BCUT2D eigenvalue weighted by Gasteiger charge is 2.26. The molecule has 0 aliphatic heterocycles. The molecule has 0 saturated heterocycles. The monoisotopic (exact) mass is 334 g/mol. The molecule has 1 heterocycles. The molecule has 0 amide bonds. The molecule has 0 radical (unpaired) electrons. The fourth-order valence-corrected chi connectivity index (χ4v) is 3.68. The molecule has 4 rings (SSSR count). The van der Waals surface area contributed by atoms with E-state index in [0.29, 0.717) is 20.7 Å². The van der Waals surface area contributed by atoms with Crippen molar-refractivity contribution in [2.45, 2.75) is 18.9 Å². The Kier molecular flexibility index (Phi) is 3.10. The Morgan fingerprint density at radius 1 is 1.19 bits per heavy atom. The van der Waals surface area contributed by atoms with Crippen LogP contribution in [0.3, 0.4) is 0 Å². The summed E-state index contributed by atoms with van der Waals surface area (Å²) in [6.45, 7) is 0.869. The van der Waals surface area contributed by atoms with Crippen molar-refractivity contribution in [3.63, 3.8) is 0 Å². The van der Waals surface area contributed by atoms with Gasteiger partial charge in [0.2, 0.25) is 0 Å². The summed E-state index contributed by atoms with van der Waals surface area (Å²) < 4.78 is 2.83. The van der Waals surface area contributed by atoms with Gasteiger partial charge in [-0.05, 0) is 41.9 Å². The number of nitrogens with zero attached hydrogens (tertiary/aromatic N) is 1. The van der Waals surface area contributed by atoms with Gasteiger partial charge in [-0.1, -0.05) is 47.5 Å². The zero-order valence-electron chi connectivity index (χ0n) is 11.1. The summed E-state index contributed by atoms with van der Waals surface area (Å²) in [5.74, 6) is 0.515. The normalized spacial score (nSPS) is 16.8. The molecule has 0 spiro atoms. The Balaban J connectivity index is 1.77. The van der Waals surface area contributed by atoms with Crippen LogP contribution in [0.5, 0.6) is 0 Å². The lowest BCUT2D eigenvalue weighted by Gasteiger charge is -2.30. The van der Waals surface area contributed by atoms with Crippen molar-refractivity contribution >= 4 is 46.5 Å². The molecule has 106 valence electrons. The van der Waals surface area contributed by atoms with Crippen LogP contribution in [0.1, 0.15) is 17.0 Å². The van der Waals surface area contributed by atoms with E-state index in [0.717, 1.165) is 24.0 Å². The van der Waals surface area contributed by atoms with Crippen LogP contribution in [0.2, 0.25) is 10.0 Å². The second-order valence-electron chi connectivity index (χ2n) is 5.42. The molecule has 0 fully saturated rings. The summed E-state index contributed by atoms with van der Waals surface area (Å²) in [5, 5.41) is 1.10. The third-order valence-corrected chi connectivity index (χ3v) is 5.22. The molecule has 3 aromatic rings. The van der Waals surface area contributed by atoms with E-state index in [2.05, 4.69) is 33.8 Å². The van der Waals surface area contributed by atoms with Crippen LogP contribution in [0.25, 0.3) is 11.0 Å². The average Bonchev–Trinajstić information content (AvgIpc) is 2.72. The highest BCUT2D eigenvalue weighted by Crippen LogP contribution is 2.37. The lowest BCUT2D eigenvalue weighted by molar-refractivity contribution is 0.513. The standard InChI is InChI=1S/C16H12Cl2N2S/c17-12-6-14-15(7-13(12)18)20(16(21)19-14)8-10-5-9-3-1-2-4-11(9)10/h1-4,6-7,10H,5,8H2,(H,19,21). The predicted octanol–water partition coefficient (Wildman–Crippen LogP) is 5.35. The number of benzene rings is 2. The Morgan fingerprint density at radius 3 is 2.76 bits per heavy atom. The number of rotatable bonds is 2. The van der Waals surface area contributed by atoms with Gasteiger partial charge in [0.1, 0.15) is 0 Å². The van der Waals surface area contributed by atoms with E-state index in [9.17, 15) is 0 Å². The SMILES string of the molecule is S=c1[nH]c2cc(Cl)c(Cl)cc2n1CC1Cc2ccccc21. The van der Waals surface area contributed by atoms with Gasteiger partial charge in [0, 0.05) is 12.5 Å². The topological polar surface area (TPSA) is 20.7 Å². The first-order valence-electron chi connectivity index (χ1n) is 6.79. The van der Waals surface area contributed by atoms with Gasteiger partial charge < -0.3 is 9.55 Å². The van der Waals surface area contributed by atoms with Crippen molar-refractivity contribution in [3.05, 3.63) is 62.3 Å². The van der Waals surface area contributed by atoms with Crippen molar-refractivity contribution in [3.8, 4) is 0 Å². The lowest BCUT2D eigenvalue weighted by atomic mass is 9.77. The zero-order valence-corrected chi connectivity index (χ0v) is 13.4. The summed E-state index contributed by atoms with van der Waals surface area (Å²) in [7, 11) is 0. The molecule has 1 N–H and O–H groups in total.